The summed E-state index contributed by atoms with van der Waals surface area (Å²) in [5.74, 6) is -1.96. The average Bonchev–Trinajstić information content (AvgIpc) is 2.31. The van der Waals surface area contributed by atoms with E-state index < -0.39 is 11.9 Å². The summed E-state index contributed by atoms with van der Waals surface area (Å²) in [6.45, 7) is 6.42. The molecule has 0 aromatic carbocycles. The number of aliphatic hydroxyl groups is 2. The Balaban J connectivity index is -0.000000177. The summed E-state index contributed by atoms with van der Waals surface area (Å²) in [5, 5.41) is 31.6. The van der Waals surface area contributed by atoms with Gasteiger partial charge in [-0.2, -0.15) is 0 Å². The van der Waals surface area contributed by atoms with E-state index in [9.17, 15) is 9.59 Å². The largest absolute Gasteiger partial charge is 0.478 e. The number of aliphatic hydroxyl groups excluding tert-OH is 2. The lowest BCUT2D eigenvalue weighted by atomic mass is 10.2. The molecule has 100 valence electrons. The Morgan fingerprint density at radius 1 is 0.824 bits per heavy atom. The van der Waals surface area contributed by atoms with Gasteiger partial charge in [0.25, 0.3) is 0 Å². The second-order valence-corrected chi connectivity index (χ2v) is 2.59. The molecule has 0 fully saturated rings. The molecule has 6 heteroatoms. The van der Waals surface area contributed by atoms with Gasteiger partial charge in [-0.25, -0.2) is 9.59 Å². The van der Waals surface area contributed by atoms with E-state index in [0.717, 1.165) is 31.4 Å². The van der Waals surface area contributed by atoms with Crippen molar-refractivity contribution in [1.82, 2.24) is 0 Å². The predicted octanol–water partition coefficient (Wildman–Crippen LogP) is 0.655. The van der Waals surface area contributed by atoms with Gasteiger partial charge < -0.3 is 20.4 Å². The molecule has 0 aromatic rings. The van der Waals surface area contributed by atoms with E-state index in [4.69, 9.17) is 20.4 Å². The van der Waals surface area contributed by atoms with Crippen molar-refractivity contribution in [2.45, 2.75) is 19.3 Å². The highest BCUT2D eigenvalue weighted by Gasteiger charge is 1.81. The predicted molar refractivity (Wildman–Crippen MR) is 63.7 cm³/mol. The van der Waals surface area contributed by atoms with Gasteiger partial charge in [0.15, 0.2) is 0 Å². The van der Waals surface area contributed by atoms with E-state index in [1.165, 1.54) is 0 Å². The fourth-order valence-corrected chi connectivity index (χ4v) is 0.400. The zero-order valence-electron chi connectivity index (χ0n) is 9.71. The van der Waals surface area contributed by atoms with Crippen LogP contribution in [0.5, 0.6) is 0 Å². The standard InChI is InChI=1S/C5H12O2.2C3H4O2/c6-4-2-1-3-5-7;2*1-2-3(4)5/h6-7H,1-5H2;2*2H,1H2,(H,4,5). The Morgan fingerprint density at radius 2 is 1.06 bits per heavy atom. The molecule has 6 nitrogen and oxygen atoms in total. The van der Waals surface area contributed by atoms with Gasteiger partial charge in [0.1, 0.15) is 0 Å². The second-order valence-electron chi connectivity index (χ2n) is 2.59. The van der Waals surface area contributed by atoms with Crippen molar-refractivity contribution < 1.29 is 30.0 Å². The molecule has 0 rings (SSSR count). The lowest BCUT2D eigenvalue weighted by Crippen LogP contribution is -1.85. The van der Waals surface area contributed by atoms with Gasteiger partial charge in [0.05, 0.1) is 0 Å². The lowest BCUT2D eigenvalue weighted by Gasteiger charge is -1.90. The molecule has 17 heavy (non-hydrogen) atoms. The molecule has 0 aliphatic carbocycles. The fourth-order valence-electron chi connectivity index (χ4n) is 0.400. The number of rotatable bonds is 6. The highest BCUT2D eigenvalue weighted by molar-refractivity contribution is 5.79. The van der Waals surface area contributed by atoms with Crippen LogP contribution in [0.15, 0.2) is 25.3 Å². The SMILES string of the molecule is C=CC(=O)O.C=CC(=O)O.OCCCCCO. The van der Waals surface area contributed by atoms with Crippen LogP contribution >= 0.6 is 0 Å². The van der Waals surface area contributed by atoms with Crippen LogP contribution in [0.2, 0.25) is 0 Å². The molecule has 0 aliphatic rings. The molecule has 0 atom stereocenters. The van der Waals surface area contributed by atoms with Crippen LogP contribution < -0.4 is 0 Å². The summed E-state index contributed by atoms with van der Waals surface area (Å²) in [7, 11) is 0. The van der Waals surface area contributed by atoms with Crippen LogP contribution in [-0.2, 0) is 9.59 Å². The summed E-state index contributed by atoms with van der Waals surface area (Å²) in [6.07, 6.45) is 4.24. The van der Waals surface area contributed by atoms with E-state index in [0.29, 0.717) is 0 Å². The van der Waals surface area contributed by atoms with Crippen molar-refractivity contribution in [1.29, 1.82) is 0 Å². The minimum absolute atomic E-state index is 0.250. The molecule has 0 radical (unpaired) electrons. The van der Waals surface area contributed by atoms with E-state index in [2.05, 4.69) is 13.2 Å². The van der Waals surface area contributed by atoms with Gasteiger partial charge in [0.2, 0.25) is 0 Å². The number of carboxylic acids is 2. The Kier molecular flexibility index (Phi) is 24.2. The van der Waals surface area contributed by atoms with Crippen LogP contribution in [-0.4, -0.2) is 45.6 Å². The highest BCUT2D eigenvalue weighted by Crippen LogP contribution is 1.90. The first-order valence-electron chi connectivity index (χ1n) is 4.88. The van der Waals surface area contributed by atoms with E-state index >= 15 is 0 Å². The molecule has 0 bridgehead atoms. The quantitative estimate of drug-likeness (QED) is 0.405. The van der Waals surface area contributed by atoms with Gasteiger partial charge in [-0.05, 0) is 19.3 Å². The summed E-state index contributed by atoms with van der Waals surface area (Å²) in [5.41, 5.74) is 0. The third kappa shape index (κ3) is 54.3. The third-order valence-corrected chi connectivity index (χ3v) is 1.17. The molecule has 0 heterocycles. The van der Waals surface area contributed by atoms with Gasteiger partial charge in [-0.3, -0.25) is 0 Å². The molecule has 0 amide bonds. The van der Waals surface area contributed by atoms with E-state index in [1.807, 2.05) is 0 Å². The zero-order chi connectivity index (χ0) is 14.1. The summed E-state index contributed by atoms with van der Waals surface area (Å²) >= 11 is 0. The fraction of sp³-hybridized carbons (Fsp3) is 0.455. The topological polar surface area (TPSA) is 115 Å². The van der Waals surface area contributed by atoms with E-state index in [-0.39, 0.29) is 13.2 Å². The Labute approximate surface area is 101 Å². The van der Waals surface area contributed by atoms with Gasteiger partial charge in [0, 0.05) is 25.4 Å². The smallest absolute Gasteiger partial charge is 0.327 e. The normalized spacial score (nSPS) is 7.65. The molecule has 0 saturated carbocycles. The molecule has 0 unspecified atom stereocenters. The summed E-state index contributed by atoms with van der Waals surface area (Å²) < 4.78 is 0. The molecule has 4 N–H and O–H groups in total. The minimum Gasteiger partial charge on any atom is -0.478 e. The van der Waals surface area contributed by atoms with Gasteiger partial charge in [-0.1, -0.05) is 13.2 Å². The van der Waals surface area contributed by atoms with Crippen LogP contribution in [0.1, 0.15) is 19.3 Å². The third-order valence-electron chi connectivity index (χ3n) is 1.17. The van der Waals surface area contributed by atoms with Gasteiger partial charge >= 0.3 is 11.9 Å². The Bertz CT molecular complexity index is 190. The Morgan fingerprint density at radius 3 is 1.18 bits per heavy atom. The first kappa shape index (κ1) is 20.7. The van der Waals surface area contributed by atoms with E-state index in [1.54, 1.807) is 0 Å². The van der Waals surface area contributed by atoms with Crippen molar-refractivity contribution in [2.24, 2.45) is 0 Å². The maximum Gasteiger partial charge on any atom is 0.327 e. The monoisotopic (exact) mass is 248 g/mol. The summed E-state index contributed by atoms with van der Waals surface area (Å²) in [4.78, 5) is 18.5. The van der Waals surface area contributed by atoms with Crippen LogP contribution in [0.3, 0.4) is 0 Å². The number of carbonyl (C=O) groups is 2. The van der Waals surface area contributed by atoms with Crippen LogP contribution in [0, 0.1) is 0 Å². The molecular formula is C11H20O6. The van der Waals surface area contributed by atoms with Crippen molar-refractivity contribution >= 4 is 11.9 Å². The average molecular weight is 248 g/mol. The van der Waals surface area contributed by atoms with Crippen molar-refractivity contribution in [2.75, 3.05) is 13.2 Å². The van der Waals surface area contributed by atoms with Crippen LogP contribution in [0.4, 0.5) is 0 Å². The molecule has 0 aromatic heterocycles. The number of unbranched alkanes of at least 4 members (excludes halogenated alkanes) is 2. The lowest BCUT2D eigenvalue weighted by molar-refractivity contribution is -0.132. The zero-order valence-corrected chi connectivity index (χ0v) is 9.71. The molecular weight excluding hydrogens is 228 g/mol. The number of carboxylic acid groups (broad SMARTS) is 2. The number of hydrogen-bond donors (Lipinski definition) is 4. The maximum atomic E-state index is 9.25. The number of aliphatic carboxylic acids is 2. The maximum absolute atomic E-state index is 9.25. The molecule has 0 spiro atoms. The Hall–Kier alpha value is -1.66. The van der Waals surface area contributed by atoms with Gasteiger partial charge in [-0.15, -0.1) is 0 Å². The molecule has 0 saturated heterocycles. The minimum atomic E-state index is -0.981. The second kappa shape index (κ2) is 19.8. The van der Waals surface area contributed by atoms with Crippen molar-refractivity contribution in [3.8, 4) is 0 Å². The molecule has 0 aliphatic heterocycles. The van der Waals surface area contributed by atoms with Crippen molar-refractivity contribution in [3.63, 3.8) is 0 Å². The highest BCUT2D eigenvalue weighted by atomic mass is 16.4. The van der Waals surface area contributed by atoms with Crippen LogP contribution in [0.25, 0.3) is 0 Å². The summed E-state index contributed by atoms with van der Waals surface area (Å²) in [6, 6.07) is 0. The van der Waals surface area contributed by atoms with Crippen molar-refractivity contribution in [3.05, 3.63) is 25.3 Å². The first-order valence-corrected chi connectivity index (χ1v) is 4.88. The first-order chi connectivity index (χ1) is 7.95. The number of hydrogen-bond acceptors (Lipinski definition) is 4.